The first-order valence-corrected chi connectivity index (χ1v) is 11.2. The van der Waals surface area contributed by atoms with Crippen molar-refractivity contribution in [1.82, 2.24) is 14.8 Å². The number of thioether (sulfide) groups is 2. The average Bonchev–Trinajstić information content (AvgIpc) is 3.23. The number of carbonyl (C=O) groups excluding carboxylic acids is 2. The fourth-order valence-electron chi connectivity index (χ4n) is 2.70. The Hall–Kier alpha value is -0.730. The molecule has 2 amide bonds. The molecule has 1 aromatic heterocycles. The van der Waals surface area contributed by atoms with Crippen LogP contribution in [0.15, 0.2) is 6.20 Å². The summed E-state index contributed by atoms with van der Waals surface area (Å²) in [5, 5.41) is 0.952. The zero-order valence-corrected chi connectivity index (χ0v) is 16.7. The normalized spacial score (nSPS) is 22.0. The van der Waals surface area contributed by atoms with Crippen LogP contribution in [0.5, 0.6) is 0 Å². The largest absolute Gasteiger partial charge is 0.339 e. The molecule has 24 heavy (non-hydrogen) atoms. The lowest BCUT2D eigenvalue weighted by Gasteiger charge is -2.31. The predicted octanol–water partition coefficient (Wildman–Crippen LogP) is 2.53. The summed E-state index contributed by atoms with van der Waals surface area (Å²) in [5.74, 6) is 3.30. The molecule has 5 nitrogen and oxygen atoms in total. The van der Waals surface area contributed by atoms with Crippen molar-refractivity contribution in [2.75, 3.05) is 36.2 Å². The number of aromatic nitrogens is 1. The molecule has 0 radical (unpaired) electrons. The van der Waals surface area contributed by atoms with Gasteiger partial charge in [-0.05, 0) is 0 Å². The van der Waals surface area contributed by atoms with E-state index in [0.29, 0.717) is 16.5 Å². The molecule has 2 fully saturated rings. The SMILES string of the molecule is CC(C)(C)c1ncc(C(=O)N2CSCC2C(=O)N2CCSCC2)s1. The summed E-state index contributed by atoms with van der Waals surface area (Å²) < 4.78 is 0. The van der Waals surface area contributed by atoms with Crippen LogP contribution in [0.2, 0.25) is 0 Å². The summed E-state index contributed by atoms with van der Waals surface area (Å²) in [7, 11) is 0. The Morgan fingerprint density at radius 3 is 2.54 bits per heavy atom. The van der Waals surface area contributed by atoms with Crippen LogP contribution >= 0.6 is 34.9 Å². The molecule has 3 rings (SSSR count). The van der Waals surface area contributed by atoms with Gasteiger partial charge < -0.3 is 9.80 Å². The molecule has 0 aromatic carbocycles. The smallest absolute Gasteiger partial charge is 0.266 e. The van der Waals surface area contributed by atoms with Gasteiger partial charge in [0.2, 0.25) is 5.91 Å². The summed E-state index contributed by atoms with van der Waals surface area (Å²) in [6, 6.07) is -0.328. The Labute approximate surface area is 155 Å². The van der Waals surface area contributed by atoms with Crippen molar-refractivity contribution in [3.63, 3.8) is 0 Å². The molecule has 2 saturated heterocycles. The topological polar surface area (TPSA) is 53.5 Å². The monoisotopic (exact) mass is 385 g/mol. The van der Waals surface area contributed by atoms with E-state index in [-0.39, 0.29) is 23.3 Å². The first kappa shape index (κ1) is 18.1. The summed E-state index contributed by atoms with van der Waals surface area (Å²) >= 11 is 4.98. The van der Waals surface area contributed by atoms with Gasteiger partial charge in [-0.2, -0.15) is 11.8 Å². The highest BCUT2D eigenvalue weighted by Crippen LogP contribution is 2.30. The minimum atomic E-state index is -0.328. The van der Waals surface area contributed by atoms with Gasteiger partial charge in [0.25, 0.3) is 5.91 Å². The predicted molar refractivity (Wildman–Crippen MR) is 102 cm³/mol. The van der Waals surface area contributed by atoms with Crippen molar-refractivity contribution in [3.8, 4) is 0 Å². The number of rotatable bonds is 2. The average molecular weight is 386 g/mol. The molecule has 132 valence electrons. The zero-order chi connectivity index (χ0) is 17.3. The summed E-state index contributed by atoms with van der Waals surface area (Å²) in [5.41, 5.74) is -0.0658. The lowest BCUT2D eigenvalue weighted by molar-refractivity contribution is -0.134. The molecule has 8 heteroatoms. The third-order valence-electron chi connectivity index (χ3n) is 4.11. The first-order chi connectivity index (χ1) is 11.4. The lowest BCUT2D eigenvalue weighted by Crippen LogP contribution is -2.51. The third kappa shape index (κ3) is 3.75. The van der Waals surface area contributed by atoms with Crippen LogP contribution in [0, 0.1) is 0 Å². The molecular formula is C16H23N3O2S3. The lowest BCUT2D eigenvalue weighted by atomic mass is 9.98. The van der Waals surface area contributed by atoms with Crippen LogP contribution < -0.4 is 0 Å². The van der Waals surface area contributed by atoms with Crippen LogP contribution in [-0.2, 0) is 10.2 Å². The Balaban J connectivity index is 1.73. The molecule has 2 aliphatic rings. The molecule has 2 aliphatic heterocycles. The van der Waals surface area contributed by atoms with Crippen molar-refractivity contribution in [1.29, 1.82) is 0 Å². The molecule has 0 N–H and O–H groups in total. The number of nitrogens with zero attached hydrogens (tertiary/aromatic N) is 3. The highest BCUT2D eigenvalue weighted by molar-refractivity contribution is 7.99. The van der Waals surface area contributed by atoms with Gasteiger partial charge in [0.1, 0.15) is 10.9 Å². The maximum atomic E-state index is 12.9. The van der Waals surface area contributed by atoms with Crippen molar-refractivity contribution in [2.24, 2.45) is 0 Å². The van der Waals surface area contributed by atoms with Crippen LogP contribution in [0.25, 0.3) is 0 Å². The molecule has 1 aromatic rings. The Morgan fingerprint density at radius 1 is 1.21 bits per heavy atom. The molecule has 0 aliphatic carbocycles. The van der Waals surface area contributed by atoms with E-state index in [2.05, 4.69) is 25.8 Å². The fourth-order valence-corrected chi connectivity index (χ4v) is 5.68. The van der Waals surface area contributed by atoms with Gasteiger partial charge in [-0.1, -0.05) is 20.8 Å². The van der Waals surface area contributed by atoms with Gasteiger partial charge in [0.15, 0.2) is 0 Å². The second-order valence-electron chi connectivity index (χ2n) is 7.01. The van der Waals surface area contributed by atoms with E-state index in [1.165, 1.54) is 11.3 Å². The van der Waals surface area contributed by atoms with E-state index in [9.17, 15) is 9.59 Å². The van der Waals surface area contributed by atoms with Crippen LogP contribution in [-0.4, -0.2) is 68.9 Å². The number of carbonyl (C=O) groups is 2. The van der Waals surface area contributed by atoms with E-state index in [4.69, 9.17) is 0 Å². The highest BCUT2D eigenvalue weighted by Gasteiger charge is 2.38. The molecular weight excluding hydrogens is 362 g/mol. The number of hydrogen-bond donors (Lipinski definition) is 0. The molecule has 1 atom stereocenters. The fraction of sp³-hybridized carbons (Fsp3) is 0.688. The summed E-state index contributed by atoms with van der Waals surface area (Å²) in [6.07, 6.45) is 1.66. The first-order valence-electron chi connectivity index (χ1n) is 8.09. The van der Waals surface area contributed by atoms with E-state index >= 15 is 0 Å². The number of thiazole rings is 1. The minimum Gasteiger partial charge on any atom is -0.339 e. The van der Waals surface area contributed by atoms with Gasteiger partial charge in [-0.3, -0.25) is 9.59 Å². The van der Waals surface area contributed by atoms with Crippen LogP contribution in [0.3, 0.4) is 0 Å². The molecule has 3 heterocycles. The van der Waals surface area contributed by atoms with Gasteiger partial charge in [0.05, 0.1) is 17.1 Å². The van der Waals surface area contributed by atoms with Crippen molar-refractivity contribution in [3.05, 3.63) is 16.1 Å². The van der Waals surface area contributed by atoms with Crippen molar-refractivity contribution in [2.45, 2.75) is 32.2 Å². The van der Waals surface area contributed by atoms with E-state index in [0.717, 1.165) is 29.6 Å². The molecule has 0 spiro atoms. The summed E-state index contributed by atoms with van der Waals surface area (Å²) in [4.78, 5) is 34.4. The van der Waals surface area contributed by atoms with Crippen LogP contribution in [0.1, 0.15) is 35.5 Å². The molecule has 1 unspecified atom stereocenters. The van der Waals surface area contributed by atoms with E-state index in [1.54, 1.807) is 22.9 Å². The Kier molecular flexibility index (Phi) is 5.46. The van der Waals surface area contributed by atoms with Gasteiger partial charge in [0, 0.05) is 35.8 Å². The van der Waals surface area contributed by atoms with Crippen LogP contribution in [0.4, 0.5) is 0 Å². The quantitative estimate of drug-likeness (QED) is 0.783. The minimum absolute atomic E-state index is 0.0577. The second kappa shape index (κ2) is 7.25. The molecule has 0 bridgehead atoms. The van der Waals surface area contributed by atoms with Gasteiger partial charge in [-0.25, -0.2) is 4.98 Å². The maximum Gasteiger partial charge on any atom is 0.266 e. The number of amides is 2. The highest BCUT2D eigenvalue weighted by atomic mass is 32.2. The standard InChI is InChI=1S/C16H23N3O2S3/c1-16(2,3)15-17-8-12(24-15)14(21)19-10-23-9-11(19)13(20)18-4-6-22-7-5-18/h8,11H,4-7,9-10H2,1-3H3. The number of hydrogen-bond acceptors (Lipinski definition) is 6. The maximum absolute atomic E-state index is 12.9. The third-order valence-corrected chi connectivity index (χ3v) is 7.47. The van der Waals surface area contributed by atoms with Gasteiger partial charge in [-0.15, -0.1) is 23.1 Å². The second-order valence-corrected chi connectivity index (χ2v) is 10.3. The van der Waals surface area contributed by atoms with Gasteiger partial charge >= 0.3 is 0 Å². The Morgan fingerprint density at radius 2 is 1.92 bits per heavy atom. The zero-order valence-electron chi connectivity index (χ0n) is 14.3. The Bertz CT molecular complexity index is 620. The molecule has 0 saturated carbocycles. The van der Waals surface area contributed by atoms with Crippen molar-refractivity contribution >= 4 is 46.7 Å². The summed E-state index contributed by atoms with van der Waals surface area (Å²) in [6.45, 7) is 7.86. The van der Waals surface area contributed by atoms with E-state index in [1.807, 2.05) is 16.7 Å². The van der Waals surface area contributed by atoms with Crippen molar-refractivity contribution < 1.29 is 9.59 Å². The van der Waals surface area contributed by atoms with E-state index < -0.39 is 0 Å².